The fourth-order valence-corrected chi connectivity index (χ4v) is 2.80. The summed E-state index contributed by atoms with van der Waals surface area (Å²) in [5, 5.41) is 1.92. The molecule has 2 rings (SSSR count). The highest BCUT2D eigenvalue weighted by Gasteiger charge is 2.17. The largest absolute Gasteiger partial charge is 0.496 e. The van der Waals surface area contributed by atoms with Gasteiger partial charge in [-0.05, 0) is 42.1 Å². The van der Waals surface area contributed by atoms with E-state index in [0.717, 1.165) is 14.9 Å². The van der Waals surface area contributed by atoms with Crippen molar-refractivity contribution in [1.82, 2.24) is 0 Å². The van der Waals surface area contributed by atoms with E-state index in [0.29, 0.717) is 11.3 Å². The molecule has 1 heterocycles. The summed E-state index contributed by atoms with van der Waals surface area (Å²) in [6, 6.07) is 7.38. The van der Waals surface area contributed by atoms with Crippen LogP contribution in [0.1, 0.15) is 20.8 Å². The van der Waals surface area contributed by atoms with E-state index in [1.54, 1.807) is 19.2 Å². The number of aryl methyl sites for hydroxylation is 1. The Labute approximate surface area is 112 Å². The summed E-state index contributed by atoms with van der Waals surface area (Å²) in [5.41, 5.74) is 1.60. The zero-order chi connectivity index (χ0) is 12.4. The predicted molar refractivity (Wildman–Crippen MR) is 73.2 cm³/mol. The van der Waals surface area contributed by atoms with Crippen molar-refractivity contribution < 1.29 is 9.53 Å². The molecule has 2 aromatic rings. The Morgan fingerprint density at radius 1 is 1.35 bits per heavy atom. The van der Waals surface area contributed by atoms with Crippen LogP contribution in [-0.4, -0.2) is 12.9 Å². The van der Waals surface area contributed by atoms with Gasteiger partial charge in [0.2, 0.25) is 5.78 Å². The van der Waals surface area contributed by atoms with Gasteiger partial charge in [-0.1, -0.05) is 15.9 Å². The number of rotatable bonds is 3. The number of thiophene rings is 1. The van der Waals surface area contributed by atoms with E-state index in [2.05, 4.69) is 15.9 Å². The van der Waals surface area contributed by atoms with Crippen LogP contribution in [0.3, 0.4) is 0 Å². The zero-order valence-electron chi connectivity index (χ0n) is 9.49. The van der Waals surface area contributed by atoms with Crippen LogP contribution in [0.4, 0.5) is 0 Å². The smallest absolute Gasteiger partial charge is 0.206 e. The molecule has 0 radical (unpaired) electrons. The van der Waals surface area contributed by atoms with Gasteiger partial charge in [0.1, 0.15) is 5.75 Å². The summed E-state index contributed by atoms with van der Waals surface area (Å²) in [7, 11) is 1.57. The van der Waals surface area contributed by atoms with Gasteiger partial charge in [0.25, 0.3) is 0 Å². The second kappa shape index (κ2) is 5.02. The quantitative estimate of drug-likeness (QED) is 0.799. The van der Waals surface area contributed by atoms with E-state index < -0.39 is 0 Å². The molecule has 88 valence electrons. The first-order chi connectivity index (χ1) is 8.13. The number of hydrogen-bond donors (Lipinski definition) is 0. The lowest BCUT2D eigenvalue weighted by Gasteiger charge is -2.07. The number of ketones is 1. The Balaban J connectivity index is 2.48. The second-order valence-electron chi connectivity index (χ2n) is 3.61. The molecule has 4 heteroatoms. The van der Waals surface area contributed by atoms with Crippen LogP contribution in [-0.2, 0) is 0 Å². The van der Waals surface area contributed by atoms with Crippen molar-refractivity contribution in [3.63, 3.8) is 0 Å². The Morgan fingerprint density at radius 2 is 2.12 bits per heavy atom. The van der Waals surface area contributed by atoms with Gasteiger partial charge in [0.15, 0.2) is 0 Å². The molecule has 0 saturated heterocycles. The maximum Gasteiger partial charge on any atom is 0.206 e. The van der Waals surface area contributed by atoms with Crippen LogP contribution in [0.15, 0.2) is 34.1 Å². The summed E-state index contributed by atoms with van der Waals surface area (Å²) < 4.78 is 6.14. The predicted octanol–water partition coefficient (Wildman–Crippen LogP) is 4.06. The first-order valence-electron chi connectivity index (χ1n) is 5.06. The third-order valence-electron chi connectivity index (χ3n) is 2.48. The molecule has 0 saturated carbocycles. The number of hydrogen-bond acceptors (Lipinski definition) is 3. The summed E-state index contributed by atoms with van der Waals surface area (Å²) in [6.45, 7) is 1.94. The van der Waals surface area contributed by atoms with Gasteiger partial charge in [-0.2, -0.15) is 0 Å². The van der Waals surface area contributed by atoms with Crippen LogP contribution in [0.2, 0.25) is 0 Å². The van der Waals surface area contributed by atoms with Crippen molar-refractivity contribution >= 4 is 33.0 Å². The topological polar surface area (TPSA) is 26.3 Å². The van der Waals surface area contributed by atoms with Crippen molar-refractivity contribution in [3.8, 4) is 5.75 Å². The maximum absolute atomic E-state index is 12.3. The van der Waals surface area contributed by atoms with E-state index in [9.17, 15) is 4.79 Å². The molecule has 0 amide bonds. The van der Waals surface area contributed by atoms with Gasteiger partial charge in [-0.15, -0.1) is 11.3 Å². The number of carbonyl (C=O) groups excluding carboxylic acids is 1. The lowest BCUT2D eigenvalue weighted by atomic mass is 10.1. The van der Waals surface area contributed by atoms with Crippen molar-refractivity contribution in [2.75, 3.05) is 7.11 Å². The highest BCUT2D eigenvalue weighted by Crippen LogP contribution is 2.28. The fraction of sp³-hybridized carbons (Fsp3) is 0.154. The molecular weight excluding hydrogens is 300 g/mol. The number of benzene rings is 1. The molecule has 0 aliphatic heterocycles. The van der Waals surface area contributed by atoms with Crippen LogP contribution < -0.4 is 4.74 Å². The fourth-order valence-electron chi connectivity index (χ4n) is 1.58. The van der Waals surface area contributed by atoms with Crippen LogP contribution >= 0.6 is 27.3 Å². The van der Waals surface area contributed by atoms with Crippen LogP contribution in [0, 0.1) is 6.92 Å². The lowest BCUT2D eigenvalue weighted by molar-refractivity contribution is 0.103. The van der Waals surface area contributed by atoms with Crippen LogP contribution in [0.25, 0.3) is 0 Å². The summed E-state index contributed by atoms with van der Waals surface area (Å²) in [5.74, 6) is 0.610. The van der Waals surface area contributed by atoms with Gasteiger partial charge < -0.3 is 4.74 Å². The molecule has 0 spiro atoms. The second-order valence-corrected chi connectivity index (χ2v) is 5.44. The molecule has 0 N–H and O–H groups in total. The minimum absolute atomic E-state index is 0.0156. The molecule has 0 fully saturated rings. The molecule has 0 unspecified atom stereocenters. The molecule has 0 atom stereocenters. The summed E-state index contributed by atoms with van der Waals surface area (Å²) in [4.78, 5) is 13.1. The van der Waals surface area contributed by atoms with Crippen molar-refractivity contribution in [3.05, 3.63) is 50.1 Å². The average molecular weight is 311 g/mol. The summed E-state index contributed by atoms with van der Waals surface area (Å²) >= 11 is 4.82. The Bertz CT molecular complexity index is 560. The van der Waals surface area contributed by atoms with E-state index in [4.69, 9.17) is 4.74 Å². The molecule has 0 aliphatic rings. The van der Waals surface area contributed by atoms with Crippen molar-refractivity contribution in [2.45, 2.75) is 6.92 Å². The minimum Gasteiger partial charge on any atom is -0.496 e. The molecule has 1 aromatic heterocycles. The molecule has 2 nitrogen and oxygen atoms in total. The number of methoxy groups -OCH3 is 1. The highest BCUT2D eigenvalue weighted by atomic mass is 79.9. The van der Waals surface area contributed by atoms with Crippen molar-refractivity contribution in [1.29, 1.82) is 0 Å². The van der Waals surface area contributed by atoms with Gasteiger partial charge in [0.05, 0.1) is 17.6 Å². The van der Waals surface area contributed by atoms with Gasteiger partial charge in [-0.25, -0.2) is 0 Å². The first kappa shape index (κ1) is 12.3. The van der Waals surface area contributed by atoms with Gasteiger partial charge >= 0.3 is 0 Å². The van der Waals surface area contributed by atoms with Gasteiger partial charge in [0, 0.05) is 4.47 Å². The SMILES string of the molecule is COc1cc(Br)ccc1C(=O)c1sccc1C. The Hall–Kier alpha value is -1.13. The summed E-state index contributed by atoms with van der Waals surface area (Å²) in [6.07, 6.45) is 0. The number of ether oxygens (including phenoxy) is 1. The Kier molecular flexibility index (Phi) is 3.64. The van der Waals surface area contributed by atoms with E-state index in [1.165, 1.54) is 11.3 Å². The highest BCUT2D eigenvalue weighted by molar-refractivity contribution is 9.10. The molecule has 0 bridgehead atoms. The first-order valence-corrected chi connectivity index (χ1v) is 6.73. The molecular formula is C13H11BrO2S. The number of carbonyl (C=O) groups is 1. The zero-order valence-corrected chi connectivity index (χ0v) is 11.9. The van der Waals surface area contributed by atoms with E-state index in [1.807, 2.05) is 24.4 Å². The normalized spacial score (nSPS) is 10.3. The van der Waals surface area contributed by atoms with Gasteiger partial charge in [-0.3, -0.25) is 4.79 Å². The van der Waals surface area contributed by atoms with Crippen LogP contribution in [0.5, 0.6) is 5.75 Å². The Morgan fingerprint density at radius 3 is 2.71 bits per heavy atom. The average Bonchev–Trinajstić information content (AvgIpc) is 2.74. The third kappa shape index (κ3) is 2.42. The third-order valence-corrected chi connectivity index (χ3v) is 3.99. The van der Waals surface area contributed by atoms with E-state index >= 15 is 0 Å². The lowest BCUT2D eigenvalue weighted by Crippen LogP contribution is -2.03. The maximum atomic E-state index is 12.3. The molecule has 17 heavy (non-hydrogen) atoms. The molecule has 1 aromatic carbocycles. The minimum atomic E-state index is 0.0156. The molecule has 0 aliphatic carbocycles. The standard InChI is InChI=1S/C13H11BrO2S/c1-8-5-6-17-13(8)12(15)10-4-3-9(14)7-11(10)16-2/h3-7H,1-2H3. The van der Waals surface area contributed by atoms with Crippen molar-refractivity contribution in [2.24, 2.45) is 0 Å². The monoisotopic (exact) mass is 310 g/mol. The number of halogens is 1. The van der Waals surface area contributed by atoms with E-state index in [-0.39, 0.29) is 5.78 Å².